The van der Waals surface area contributed by atoms with Crippen LogP contribution in [-0.4, -0.2) is 20.6 Å². The molecule has 1 unspecified atom stereocenters. The number of hydrogen-bond donors (Lipinski definition) is 2. The number of halogens is 1. The summed E-state index contributed by atoms with van der Waals surface area (Å²) in [5.74, 6) is -0.363. The molecule has 6 heteroatoms. The minimum Gasteiger partial charge on any atom is -0.507 e. The van der Waals surface area contributed by atoms with E-state index in [-0.39, 0.29) is 23.3 Å². The lowest BCUT2D eigenvalue weighted by Crippen LogP contribution is -2.26. The predicted molar refractivity (Wildman–Crippen MR) is 95.3 cm³/mol. The largest absolute Gasteiger partial charge is 0.507 e. The van der Waals surface area contributed by atoms with Crippen LogP contribution >= 0.6 is 15.9 Å². The normalized spacial score (nSPS) is 11.9. The third kappa shape index (κ3) is 3.49. The molecule has 3 rings (SSSR count). The maximum Gasteiger partial charge on any atom is 0.255 e. The molecule has 0 saturated carbocycles. The van der Waals surface area contributed by atoms with E-state index in [0.717, 1.165) is 15.7 Å². The zero-order valence-electron chi connectivity index (χ0n) is 13.0. The first-order chi connectivity index (χ1) is 11.5. The number of hydrogen-bond acceptors (Lipinski definition) is 3. The van der Waals surface area contributed by atoms with Crippen molar-refractivity contribution < 1.29 is 9.90 Å². The number of aromatic nitrogens is 2. The number of phenolic OH excluding ortho intramolecular Hbond substituents is 1. The molecule has 1 amide bonds. The van der Waals surface area contributed by atoms with Gasteiger partial charge in [-0.15, -0.1) is 0 Å². The Kier molecular flexibility index (Phi) is 4.66. The lowest BCUT2D eigenvalue weighted by Gasteiger charge is -2.15. The number of carbonyl (C=O) groups excluding carboxylic acids is 1. The molecule has 0 spiro atoms. The van der Waals surface area contributed by atoms with E-state index >= 15 is 0 Å². The third-order valence-electron chi connectivity index (χ3n) is 3.75. The summed E-state index contributed by atoms with van der Waals surface area (Å²) >= 11 is 3.30. The molecule has 0 bridgehead atoms. The first kappa shape index (κ1) is 16.3. The smallest absolute Gasteiger partial charge is 0.255 e. The number of rotatable bonds is 4. The highest BCUT2D eigenvalue weighted by atomic mass is 79.9. The van der Waals surface area contributed by atoms with Crippen LogP contribution < -0.4 is 5.32 Å². The lowest BCUT2D eigenvalue weighted by molar-refractivity contribution is 0.0937. The number of amides is 1. The Morgan fingerprint density at radius 2 is 2.00 bits per heavy atom. The Balaban J connectivity index is 1.73. The van der Waals surface area contributed by atoms with Crippen LogP contribution in [0.15, 0.2) is 65.7 Å². The zero-order valence-corrected chi connectivity index (χ0v) is 14.6. The maximum absolute atomic E-state index is 12.4. The van der Waals surface area contributed by atoms with Crippen molar-refractivity contribution in [2.75, 3.05) is 0 Å². The van der Waals surface area contributed by atoms with Gasteiger partial charge in [-0.25, -0.2) is 4.98 Å². The van der Waals surface area contributed by atoms with E-state index < -0.39 is 0 Å². The van der Waals surface area contributed by atoms with Gasteiger partial charge in [0, 0.05) is 22.6 Å². The predicted octanol–water partition coefficient (Wildman–Crippen LogP) is 3.83. The molecular formula is C18H16BrN3O2. The van der Waals surface area contributed by atoms with Gasteiger partial charge >= 0.3 is 0 Å². The number of aromatic hydroxyl groups is 1. The van der Waals surface area contributed by atoms with Crippen LogP contribution in [0, 0.1) is 0 Å². The average Bonchev–Trinajstić information content (AvgIpc) is 3.11. The highest BCUT2D eigenvalue weighted by Gasteiger charge is 2.15. The van der Waals surface area contributed by atoms with E-state index in [1.54, 1.807) is 24.7 Å². The molecule has 0 aliphatic carbocycles. The quantitative estimate of drug-likeness (QED) is 0.716. The molecular weight excluding hydrogens is 370 g/mol. The number of benzene rings is 2. The molecule has 1 atom stereocenters. The van der Waals surface area contributed by atoms with Crippen LogP contribution in [0.25, 0.3) is 5.69 Å². The number of nitrogens with one attached hydrogen (secondary N) is 1. The monoisotopic (exact) mass is 385 g/mol. The zero-order chi connectivity index (χ0) is 17.1. The van der Waals surface area contributed by atoms with Gasteiger partial charge in [0.1, 0.15) is 5.75 Å². The van der Waals surface area contributed by atoms with Crippen molar-refractivity contribution in [2.24, 2.45) is 0 Å². The molecule has 1 aromatic heterocycles. The van der Waals surface area contributed by atoms with Crippen molar-refractivity contribution >= 4 is 21.8 Å². The van der Waals surface area contributed by atoms with Gasteiger partial charge in [0.2, 0.25) is 0 Å². The van der Waals surface area contributed by atoms with Crippen molar-refractivity contribution in [3.8, 4) is 11.4 Å². The average molecular weight is 386 g/mol. The summed E-state index contributed by atoms with van der Waals surface area (Å²) < 4.78 is 2.65. The topological polar surface area (TPSA) is 67.2 Å². The summed E-state index contributed by atoms with van der Waals surface area (Å²) in [7, 11) is 0. The molecule has 0 fully saturated rings. The Bertz CT molecular complexity index is 845. The fraction of sp³-hybridized carbons (Fsp3) is 0.111. The van der Waals surface area contributed by atoms with Crippen LogP contribution in [0.5, 0.6) is 5.75 Å². The molecule has 5 nitrogen and oxygen atoms in total. The van der Waals surface area contributed by atoms with E-state index in [9.17, 15) is 9.90 Å². The van der Waals surface area contributed by atoms with Gasteiger partial charge in [-0.3, -0.25) is 4.79 Å². The first-order valence-corrected chi connectivity index (χ1v) is 8.21. The minimum absolute atomic E-state index is 0.0432. The van der Waals surface area contributed by atoms with Gasteiger partial charge in [-0.05, 0) is 42.8 Å². The number of nitrogens with zero attached hydrogens (tertiary/aromatic N) is 2. The number of carbonyl (C=O) groups is 1. The molecule has 0 saturated heterocycles. The summed E-state index contributed by atoms with van der Waals surface area (Å²) in [5, 5.41) is 12.7. The van der Waals surface area contributed by atoms with Crippen LogP contribution in [0.3, 0.4) is 0 Å². The Morgan fingerprint density at radius 1 is 1.25 bits per heavy atom. The minimum atomic E-state index is -0.319. The van der Waals surface area contributed by atoms with Crippen LogP contribution in [0.2, 0.25) is 0 Å². The molecule has 2 aromatic carbocycles. The van der Waals surface area contributed by atoms with Crippen LogP contribution in [0.4, 0.5) is 0 Å². The van der Waals surface area contributed by atoms with Crippen LogP contribution in [0.1, 0.15) is 28.9 Å². The van der Waals surface area contributed by atoms with Gasteiger partial charge < -0.3 is 15.0 Å². The molecule has 3 aromatic rings. The third-order valence-corrected chi connectivity index (χ3v) is 4.24. The molecule has 1 heterocycles. The Morgan fingerprint density at radius 3 is 2.67 bits per heavy atom. The lowest BCUT2D eigenvalue weighted by atomic mass is 10.1. The van der Waals surface area contributed by atoms with E-state index in [4.69, 9.17) is 0 Å². The van der Waals surface area contributed by atoms with Crippen molar-refractivity contribution in [3.05, 3.63) is 76.8 Å². The number of imidazole rings is 1. The van der Waals surface area contributed by atoms with Gasteiger partial charge in [-0.2, -0.15) is 0 Å². The molecule has 0 aliphatic rings. The van der Waals surface area contributed by atoms with Crippen molar-refractivity contribution in [1.82, 2.24) is 14.9 Å². The second kappa shape index (κ2) is 6.88. The van der Waals surface area contributed by atoms with Gasteiger partial charge in [0.15, 0.2) is 0 Å². The highest BCUT2D eigenvalue weighted by Crippen LogP contribution is 2.23. The fourth-order valence-corrected chi connectivity index (χ4v) is 2.76. The van der Waals surface area contributed by atoms with E-state index in [2.05, 4.69) is 26.2 Å². The first-order valence-electron chi connectivity index (χ1n) is 7.42. The van der Waals surface area contributed by atoms with Gasteiger partial charge in [0.25, 0.3) is 5.91 Å². The Labute approximate surface area is 148 Å². The second-order valence-corrected chi connectivity index (χ2v) is 6.33. The molecule has 2 N–H and O–H groups in total. The van der Waals surface area contributed by atoms with Gasteiger partial charge in [0.05, 0.1) is 17.9 Å². The van der Waals surface area contributed by atoms with Crippen molar-refractivity contribution in [3.63, 3.8) is 0 Å². The fourth-order valence-electron chi connectivity index (χ4n) is 2.39. The van der Waals surface area contributed by atoms with E-state index in [1.165, 1.54) is 6.07 Å². The van der Waals surface area contributed by atoms with Crippen LogP contribution in [-0.2, 0) is 0 Å². The second-order valence-electron chi connectivity index (χ2n) is 5.42. The molecule has 122 valence electrons. The highest BCUT2D eigenvalue weighted by molar-refractivity contribution is 9.10. The maximum atomic E-state index is 12.4. The number of phenols is 1. The van der Waals surface area contributed by atoms with Crippen molar-refractivity contribution in [1.29, 1.82) is 0 Å². The van der Waals surface area contributed by atoms with E-state index in [0.29, 0.717) is 0 Å². The molecule has 0 radical (unpaired) electrons. The van der Waals surface area contributed by atoms with E-state index in [1.807, 2.05) is 42.0 Å². The molecule has 0 aliphatic heterocycles. The SMILES string of the molecule is CC(NC(=O)c1cc(Br)ccc1O)c1ccc(-n2ccnc2)cc1. The summed E-state index contributed by atoms with van der Waals surface area (Å²) in [6.07, 6.45) is 5.33. The summed E-state index contributed by atoms with van der Waals surface area (Å²) in [6, 6.07) is 12.4. The summed E-state index contributed by atoms with van der Waals surface area (Å²) in [6.45, 7) is 1.90. The summed E-state index contributed by atoms with van der Waals surface area (Å²) in [5.41, 5.74) is 2.22. The standard InChI is InChI=1S/C18H16BrN3O2/c1-12(21-18(24)16-10-14(19)4-7-17(16)23)13-2-5-15(6-3-13)22-9-8-20-11-22/h2-12,23H,1H3,(H,21,24). The summed E-state index contributed by atoms with van der Waals surface area (Å²) in [4.78, 5) is 16.4. The van der Waals surface area contributed by atoms with Gasteiger partial charge in [-0.1, -0.05) is 28.1 Å². The Hall–Kier alpha value is -2.60. The molecule has 24 heavy (non-hydrogen) atoms. The van der Waals surface area contributed by atoms with Crippen molar-refractivity contribution in [2.45, 2.75) is 13.0 Å².